The van der Waals surface area contributed by atoms with E-state index in [9.17, 15) is 23.9 Å². The fourth-order valence-electron chi connectivity index (χ4n) is 5.10. The molecule has 5 rings (SSSR count). The largest absolute Gasteiger partial charge is 0.391 e. The number of halogens is 1. The van der Waals surface area contributed by atoms with Gasteiger partial charge in [-0.15, -0.1) is 0 Å². The van der Waals surface area contributed by atoms with E-state index in [-0.39, 0.29) is 23.8 Å². The van der Waals surface area contributed by atoms with E-state index in [0.717, 1.165) is 30.3 Å². The Kier molecular flexibility index (Phi) is 6.38. The van der Waals surface area contributed by atoms with Gasteiger partial charge in [-0.2, -0.15) is 0 Å². The molecule has 3 heterocycles. The Bertz CT molecular complexity index is 1260. The molecule has 3 aromatic rings. The fourth-order valence-corrected chi connectivity index (χ4v) is 5.10. The van der Waals surface area contributed by atoms with Crippen molar-refractivity contribution in [3.63, 3.8) is 0 Å². The molecule has 2 N–H and O–H groups in total. The summed E-state index contributed by atoms with van der Waals surface area (Å²) in [4.78, 5) is 45.0. The minimum absolute atomic E-state index is 0.102. The van der Waals surface area contributed by atoms with Gasteiger partial charge < -0.3 is 19.9 Å². The van der Waals surface area contributed by atoms with Crippen molar-refractivity contribution in [1.82, 2.24) is 14.8 Å². The van der Waals surface area contributed by atoms with Crippen LogP contribution in [0.15, 0.2) is 48.7 Å². The van der Waals surface area contributed by atoms with Gasteiger partial charge in [0.2, 0.25) is 5.78 Å². The molecule has 0 saturated carbocycles. The van der Waals surface area contributed by atoms with Gasteiger partial charge in [-0.3, -0.25) is 14.4 Å². The molecular weight excluding hydrogens is 449 g/mol. The summed E-state index contributed by atoms with van der Waals surface area (Å²) >= 11 is 0. The number of ketones is 1. The summed E-state index contributed by atoms with van der Waals surface area (Å²) in [6.07, 6.45) is 4.13. The van der Waals surface area contributed by atoms with E-state index in [1.165, 1.54) is 17.0 Å². The van der Waals surface area contributed by atoms with Crippen LogP contribution in [0.4, 0.5) is 4.39 Å². The van der Waals surface area contributed by atoms with Crippen LogP contribution >= 0.6 is 0 Å². The molecule has 2 saturated heterocycles. The van der Waals surface area contributed by atoms with Gasteiger partial charge in [-0.1, -0.05) is 12.1 Å². The first-order valence-corrected chi connectivity index (χ1v) is 12.1. The van der Waals surface area contributed by atoms with Gasteiger partial charge >= 0.3 is 0 Å². The Morgan fingerprint density at radius 2 is 1.69 bits per heavy atom. The number of piperidine rings is 1. The second-order valence-corrected chi connectivity index (χ2v) is 9.55. The number of amides is 2. The molecule has 0 bridgehead atoms. The zero-order chi connectivity index (χ0) is 24.5. The van der Waals surface area contributed by atoms with Crippen LogP contribution in [0.3, 0.4) is 0 Å². The summed E-state index contributed by atoms with van der Waals surface area (Å²) < 4.78 is 13.2. The highest BCUT2D eigenvalue weighted by Gasteiger charge is 2.30. The van der Waals surface area contributed by atoms with Crippen LogP contribution < -0.4 is 0 Å². The molecule has 1 atom stereocenters. The summed E-state index contributed by atoms with van der Waals surface area (Å²) in [5.41, 5.74) is 2.54. The molecular formula is C27H28FN3O4. The van der Waals surface area contributed by atoms with Gasteiger partial charge in [0.1, 0.15) is 5.82 Å². The van der Waals surface area contributed by atoms with Gasteiger partial charge in [0, 0.05) is 48.8 Å². The highest BCUT2D eigenvalue weighted by atomic mass is 19.1. The van der Waals surface area contributed by atoms with Crippen molar-refractivity contribution in [1.29, 1.82) is 0 Å². The molecule has 0 radical (unpaired) electrons. The second kappa shape index (κ2) is 9.62. The van der Waals surface area contributed by atoms with Crippen molar-refractivity contribution in [2.75, 3.05) is 26.2 Å². The normalized spacial score (nSPS) is 18.9. The minimum atomic E-state index is -0.637. The molecule has 2 aliphatic heterocycles. The zero-order valence-electron chi connectivity index (χ0n) is 19.4. The number of hydrogen-bond donors (Lipinski definition) is 2. The average Bonchev–Trinajstić information content (AvgIpc) is 3.50. The van der Waals surface area contributed by atoms with E-state index in [4.69, 9.17) is 0 Å². The molecule has 2 amide bonds. The van der Waals surface area contributed by atoms with Crippen molar-refractivity contribution in [2.24, 2.45) is 5.92 Å². The molecule has 182 valence electrons. The number of fused-ring (bicyclic) bond motifs is 1. The lowest BCUT2D eigenvalue weighted by atomic mass is 9.90. The van der Waals surface area contributed by atoms with Gasteiger partial charge in [-0.25, -0.2) is 4.39 Å². The van der Waals surface area contributed by atoms with Crippen LogP contribution in [-0.2, 0) is 11.2 Å². The number of carbonyl (C=O) groups excluding carboxylic acids is 3. The number of Topliss-reactive ketones (excluding diaryl/α,β-unsaturated/α-hetero) is 1. The predicted octanol–water partition coefficient (Wildman–Crippen LogP) is 3.18. The lowest BCUT2D eigenvalue weighted by Crippen LogP contribution is -2.38. The number of aliphatic hydroxyl groups excluding tert-OH is 1. The summed E-state index contributed by atoms with van der Waals surface area (Å²) in [5, 5.41) is 10.3. The Morgan fingerprint density at radius 1 is 0.971 bits per heavy atom. The molecule has 2 fully saturated rings. The Morgan fingerprint density at radius 3 is 2.37 bits per heavy atom. The van der Waals surface area contributed by atoms with E-state index >= 15 is 0 Å². The number of rotatable bonds is 5. The molecule has 35 heavy (non-hydrogen) atoms. The van der Waals surface area contributed by atoms with Crippen molar-refractivity contribution in [3.8, 4) is 0 Å². The average molecular weight is 478 g/mol. The number of H-pyrrole nitrogens is 1. The summed E-state index contributed by atoms with van der Waals surface area (Å²) in [6, 6.07) is 11.5. The van der Waals surface area contributed by atoms with Crippen LogP contribution in [0, 0.1) is 11.7 Å². The van der Waals surface area contributed by atoms with Crippen LogP contribution in [0.5, 0.6) is 0 Å². The molecule has 2 aliphatic rings. The number of nitrogens with zero attached hydrogens (tertiary/aromatic N) is 2. The number of aromatic amines is 1. The number of carbonyl (C=O) groups is 3. The van der Waals surface area contributed by atoms with Crippen molar-refractivity contribution in [2.45, 2.75) is 31.8 Å². The molecule has 2 aromatic carbocycles. The third kappa shape index (κ3) is 4.84. The second-order valence-electron chi connectivity index (χ2n) is 9.55. The lowest BCUT2D eigenvalue weighted by Gasteiger charge is -2.32. The number of likely N-dealkylation sites (tertiary alicyclic amines) is 2. The van der Waals surface area contributed by atoms with Crippen molar-refractivity contribution >= 4 is 28.5 Å². The standard InChI is InChI=1S/C27H28FN3O4/c28-20-4-1-17(2-5-20)13-18-7-10-30(11-8-18)26(34)23-15-29-24-6-3-19(14-22(23)24)25(33)27(35)31-12-9-21(32)16-31/h1-6,14-15,18,21,29,32H,7-13,16H2/t21-/m0/s1. The van der Waals surface area contributed by atoms with Crippen molar-refractivity contribution < 1.29 is 23.9 Å². The van der Waals surface area contributed by atoms with Crippen LogP contribution in [0.25, 0.3) is 10.9 Å². The molecule has 0 aliphatic carbocycles. The van der Waals surface area contributed by atoms with Crippen LogP contribution in [0.1, 0.15) is 45.5 Å². The maximum Gasteiger partial charge on any atom is 0.295 e. The Balaban J connectivity index is 1.26. The SMILES string of the molecule is O=C(C(=O)N1CC[C@H](O)C1)c1ccc2[nH]cc(C(=O)N3CCC(Cc4ccc(F)cc4)CC3)c2c1. The van der Waals surface area contributed by atoms with Crippen molar-refractivity contribution in [3.05, 3.63) is 71.2 Å². The topological polar surface area (TPSA) is 93.7 Å². The highest BCUT2D eigenvalue weighted by molar-refractivity contribution is 6.43. The summed E-state index contributed by atoms with van der Waals surface area (Å²) in [7, 11) is 0. The quantitative estimate of drug-likeness (QED) is 0.436. The van der Waals surface area contributed by atoms with E-state index in [1.807, 2.05) is 17.0 Å². The molecule has 7 nitrogen and oxygen atoms in total. The molecule has 0 spiro atoms. The number of β-amino-alcohol motifs (C(OH)–C–C–N with tert-alkyl or cyclic N) is 1. The first-order chi connectivity index (χ1) is 16.9. The van der Waals surface area contributed by atoms with Gasteiger partial charge in [0.15, 0.2) is 0 Å². The first-order valence-electron chi connectivity index (χ1n) is 12.1. The number of hydrogen-bond acceptors (Lipinski definition) is 4. The van der Waals surface area contributed by atoms with E-state index < -0.39 is 17.8 Å². The maximum absolute atomic E-state index is 13.3. The number of aromatic nitrogens is 1. The van der Waals surface area contributed by atoms with E-state index in [2.05, 4.69) is 4.98 Å². The number of nitrogens with one attached hydrogen (secondary N) is 1. The first kappa shape index (κ1) is 23.2. The number of benzene rings is 2. The molecule has 8 heteroatoms. The zero-order valence-corrected chi connectivity index (χ0v) is 19.4. The van der Waals surface area contributed by atoms with E-state index in [1.54, 1.807) is 24.4 Å². The third-order valence-corrected chi connectivity index (χ3v) is 7.16. The summed E-state index contributed by atoms with van der Waals surface area (Å²) in [6.45, 7) is 1.79. The lowest BCUT2D eigenvalue weighted by molar-refractivity contribution is -0.125. The molecule has 1 aromatic heterocycles. The summed E-state index contributed by atoms with van der Waals surface area (Å²) in [5.74, 6) is -1.17. The predicted molar refractivity (Wildman–Crippen MR) is 129 cm³/mol. The van der Waals surface area contributed by atoms with Crippen LogP contribution in [0.2, 0.25) is 0 Å². The third-order valence-electron chi connectivity index (χ3n) is 7.16. The maximum atomic E-state index is 13.3. The fraction of sp³-hybridized carbons (Fsp3) is 0.370. The number of aliphatic hydroxyl groups is 1. The highest BCUT2D eigenvalue weighted by Crippen LogP contribution is 2.26. The van der Waals surface area contributed by atoms with Crippen LogP contribution in [-0.4, -0.2) is 69.8 Å². The van der Waals surface area contributed by atoms with Gasteiger partial charge in [-0.05, 0) is 67.5 Å². The minimum Gasteiger partial charge on any atom is -0.391 e. The smallest absolute Gasteiger partial charge is 0.295 e. The van der Waals surface area contributed by atoms with Gasteiger partial charge in [0.25, 0.3) is 11.8 Å². The monoisotopic (exact) mass is 477 g/mol. The Hall–Kier alpha value is -3.52. The molecule has 0 unspecified atom stereocenters. The van der Waals surface area contributed by atoms with E-state index in [0.29, 0.717) is 42.9 Å². The Labute approximate surface area is 202 Å². The van der Waals surface area contributed by atoms with Gasteiger partial charge in [0.05, 0.1) is 11.7 Å².